The number of ether oxygens (including phenoxy) is 2. The summed E-state index contributed by atoms with van der Waals surface area (Å²) in [5.41, 5.74) is 2.22. The molecule has 7 nitrogen and oxygen atoms in total. The van der Waals surface area contributed by atoms with Crippen molar-refractivity contribution in [3.63, 3.8) is 0 Å². The molecule has 0 heterocycles. The number of nitrogens with one attached hydrogen (secondary N) is 1. The molecule has 0 aliphatic carbocycles. The third-order valence-corrected chi connectivity index (χ3v) is 2.85. The van der Waals surface area contributed by atoms with Crippen LogP contribution in [0.5, 0.6) is 11.5 Å². The van der Waals surface area contributed by atoms with Crippen LogP contribution in [0.15, 0.2) is 16.6 Å². The van der Waals surface area contributed by atoms with Crippen LogP contribution >= 0.6 is 15.9 Å². The number of amides is 1. The van der Waals surface area contributed by atoms with Crippen molar-refractivity contribution >= 4 is 27.8 Å². The maximum absolute atomic E-state index is 11.7. The Kier molecular flexibility index (Phi) is 5.58. The van der Waals surface area contributed by atoms with Crippen LogP contribution < -0.4 is 15.0 Å². The number of aliphatic carboxylic acids is 1. The van der Waals surface area contributed by atoms with Crippen molar-refractivity contribution in [1.29, 1.82) is 0 Å². The molecular formula is C11H12BrNO6. The van der Waals surface area contributed by atoms with Crippen LogP contribution in [0.25, 0.3) is 0 Å². The van der Waals surface area contributed by atoms with Crippen molar-refractivity contribution in [3.05, 3.63) is 22.2 Å². The second kappa shape index (κ2) is 6.95. The number of rotatable bonds is 6. The number of carboxylic acids is 1. The summed E-state index contributed by atoms with van der Waals surface area (Å²) < 4.78 is 10.7. The summed E-state index contributed by atoms with van der Waals surface area (Å²) in [4.78, 5) is 26.5. The van der Waals surface area contributed by atoms with Crippen LogP contribution in [0.1, 0.15) is 10.4 Å². The molecule has 0 aromatic heterocycles. The van der Waals surface area contributed by atoms with E-state index in [4.69, 9.17) is 14.6 Å². The van der Waals surface area contributed by atoms with Gasteiger partial charge in [-0.3, -0.25) is 9.63 Å². The van der Waals surface area contributed by atoms with Gasteiger partial charge in [0.05, 0.1) is 14.2 Å². The van der Waals surface area contributed by atoms with E-state index in [0.29, 0.717) is 16.0 Å². The Bertz CT molecular complexity index is 465. The predicted octanol–water partition coefficient (Wildman–Crippen LogP) is 1.21. The van der Waals surface area contributed by atoms with E-state index in [-0.39, 0.29) is 5.56 Å². The van der Waals surface area contributed by atoms with E-state index in [0.717, 1.165) is 0 Å². The Hall–Kier alpha value is -1.80. The predicted molar refractivity (Wildman–Crippen MR) is 68.3 cm³/mol. The Balaban J connectivity index is 2.87. The summed E-state index contributed by atoms with van der Waals surface area (Å²) in [5, 5.41) is 8.38. The van der Waals surface area contributed by atoms with E-state index in [1.54, 1.807) is 0 Å². The average molecular weight is 334 g/mol. The minimum absolute atomic E-state index is 0.210. The van der Waals surface area contributed by atoms with Crippen molar-refractivity contribution in [1.82, 2.24) is 5.48 Å². The zero-order valence-corrected chi connectivity index (χ0v) is 11.8. The van der Waals surface area contributed by atoms with Gasteiger partial charge in [0.25, 0.3) is 5.91 Å². The van der Waals surface area contributed by atoms with Crippen molar-refractivity contribution in [2.75, 3.05) is 20.8 Å². The van der Waals surface area contributed by atoms with E-state index in [1.165, 1.54) is 26.4 Å². The molecule has 8 heteroatoms. The Morgan fingerprint density at radius 3 is 2.21 bits per heavy atom. The van der Waals surface area contributed by atoms with Crippen molar-refractivity contribution in [2.45, 2.75) is 0 Å². The first-order valence-electron chi connectivity index (χ1n) is 5.05. The van der Waals surface area contributed by atoms with Gasteiger partial charge in [0, 0.05) is 5.56 Å². The highest BCUT2D eigenvalue weighted by Gasteiger charge is 2.15. The van der Waals surface area contributed by atoms with Crippen LogP contribution in [-0.4, -0.2) is 37.8 Å². The number of carboxylic acid groups (broad SMARTS) is 1. The van der Waals surface area contributed by atoms with Crippen LogP contribution in [0.3, 0.4) is 0 Å². The lowest BCUT2D eigenvalue weighted by molar-refractivity contribution is -0.144. The average Bonchev–Trinajstić information content (AvgIpc) is 2.38. The van der Waals surface area contributed by atoms with Gasteiger partial charge in [-0.2, -0.15) is 0 Å². The van der Waals surface area contributed by atoms with Gasteiger partial charge in [0.2, 0.25) is 0 Å². The van der Waals surface area contributed by atoms with Gasteiger partial charge in [0.1, 0.15) is 16.0 Å². The Labute approximate surface area is 117 Å². The molecule has 0 saturated heterocycles. The van der Waals surface area contributed by atoms with E-state index in [2.05, 4.69) is 20.8 Å². The normalized spacial score (nSPS) is 9.84. The highest BCUT2D eigenvalue weighted by molar-refractivity contribution is 9.10. The number of carbonyl (C=O) groups is 2. The van der Waals surface area contributed by atoms with Gasteiger partial charge in [-0.05, 0) is 28.1 Å². The van der Waals surface area contributed by atoms with Gasteiger partial charge in [-0.25, -0.2) is 10.3 Å². The number of hydroxylamine groups is 1. The fraction of sp³-hybridized carbons (Fsp3) is 0.273. The van der Waals surface area contributed by atoms with Gasteiger partial charge in [-0.1, -0.05) is 0 Å². The smallest absolute Gasteiger partial charge is 0.332 e. The first-order chi connectivity index (χ1) is 8.99. The first kappa shape index (κ1) is 15.3. The van der Waals surface area contributed by atoms with Crippen LogP contribution in [0.2, 0.25) is 0 Å². The summed E-state index contributed by atoms with van der Waals surface area (Å²) >= 11 is 3.27. The van der Waals surface area contributed by atoms with Gasteiger partial charge < -0.3 is 14.6 Å². The number of halogens is 1. The largest absolute Gasteiger partial charge is 0.495 e. The lowest BCUT2D eigenvalue weighted by Gasteiger charge is -2.11. The lowest BCUT2D eigenvalue weighted by Crippen LogP contribution is -2.26. The number of carbonyl (C=O) groups excluding carboxylic acids is 1. The topological polar surface area (TPSA) is 94.1 Å². The SMILES string of the molecule is COc1cc(C(=O)NOCC(=O)O)cc(OC)c1Br. The zero-order valence-electron chi connectivity index (χ0n) is 10.2. The van der Waals surface area contributed by atoms with Crippen molar-refractivity contribution in [3.8, 4) is 11.5 Å². The highest BCUT2D eigenvalue weighted by Crippen LogP contribution is 2.35. The summed E-state index contributed by atoms with van der Waals surface area (Å²) in [6.07, 6.45) is 0. The maximum atomic E-state index is 11.7. The summed E-state index contributed by atoms with van der Waals surface area (Å²) in [6, 6.07) is 2.93. The van der Waals surface area contributed by atoms with Crippen molar-refractivity contribution in [2.24, 2.45) is 0 Å². The molecule has 0 radical (unpaired) electrons. The number of hydrogen-bond donors (Lipinski definition) is 2. The van der Waals surface area contributed by atoms with Gasteiger partial charge in [0.15, 0.2) is 6.61 Å². The number of benzene rings is 1. The van der Waals surface area contributed by atoms with Crippen LogP contribution in [0.4, 0.5) is 0 Å². The zero-order chi connectivity index (χ0) is 14.4. The third kappa shape index (κ3) is 4.11. The van der Waals surface area contributed by atoms with E-state index >= 15 is 0 Å². The fourth-order valence-corrected chi connectivity index (χ4v) is 1.78. The molecule has 0 fully saturated rings. The first-order valence-corrected chi connectivity index (χ1v) is 5.84. The highest BCUT2D eigenvalue weighted by atomic mass is 79.9. The summed E-state index contributed by atoms with van der Waals surface area (Å²) in [7, 11) is 2.89. The molecule has 0 aliphatic heterocycles. The third-order valence-electron chi connectivity index (χ3n) is 2.07. The van der Waals surface area contributed by atoms with Crippen LogP contribution in [0, 0.1) is 0 Å². The van der Waals surface area contributed by atoms with E-state index < -0.39 is 18.5 Å². The van der Waals surface area contributed by atoms with E-state index in [1.807, 2.05) is 5.48 Å². The van der Waals surface area contributed by atoms with Crippen LogP contribution in [-0.2, 0) is 9.63 Å². The maximum Gasteiger partial charge on any atom is 0.332 e. The molecule has 1 rings (SSSR count). The lowest BCUT2D eigenvalue weighted by atomic mass is 10.2. The molecule has 0 saturated carbocycles. The molecule has 2 N–H and O–H groups in total. The Morgan fingerprint density at radius 2 is 1.79 bits per heavy atom. The summed E-state index contributed by atoms with van der Waals surface area (Å²) in [6.45, 7) is -0.628. The standard InChI is InChI=1S/C11H12BrNO6/c1-17-7-3-6(4-8(18-2)10(7)12)11(16)13-19-5-9(14)15/h3-4H,5H2,1-2H3,(H,13,16)(H,14,15). The van der Waals surface area contributed by atoms with Gasteiger partial charge >= 0.3 is 5.97 Å². The molecule has 0 aliphatic rings. The number of methoxy groups -OCH3 is 2. The second-order valence-corrected chi connectivity index (χ2v) is 4.10. The molecule has 0 spiro atoms. The molecule has 104 valence electrons. The molecule has 1 amide bonds. The molecular weight excluding hydrogens is 322 g/mol. The van der Waals surface area contributed by atoms with E-state index in [9.17, 15) is 9.59 Å². The minimum Gasteiger partial charge on any atom is -0.495 e. The molecule has 0 unspecified atom stereocenters. The molecule has 0 bridgehead atoms. The number of hydrogen-bond acceptors (Lipinski definition) is 5. The molecule has 1 aromatic rings. The quantitative estimate of drug-likeness (QED) is 0.760. The monoisotopic (exact) mass is 333 g/mol. The molecule has 1 aromatic carbocycles. The summed E-state index contributed by atoms with van der Waals surface area (Å²) in [5.74, 6) is -0.984. The van der Waals surface area contributed by atoms with Crippen molar-refractivity contribution < 1.29 is 29.0 Å². The van der Waals surface area contributed by atoms with Gasteiger partial charge in [-0.15, -0.1) is 0 Å². The molecule has 0 atom stereocenters. The second-order valence-electron chi connectivity index (χ2n) is 3.31. The molecule has 19 heavy (non-hydrogen) atoms. The fourth-order valence-electron chi connectivity index (χ4n) is 1.22. The Morgan fingerprint density at radius 1 is 1.26 bits per heavy atom. The minimum atomic E-state index is -1.19.